The van der Waals surface area contributed by atoms with Gasteiger partial charge in [0.2, 0.25) is 0 Å². The highest BCUT2D eigenvalue weighted by molar-refractivity contribution is 7.15. The van der Waals surface area contributed by atoms with Gasteiger partial charge in [0.05, 0.1) is 12.2 Å². The summed E-state index contributed by atoms with van der Waals surface area (Å²) in [6.45, 7) is 2.87. The van der Waals surface area contributed by atoms with Crippen LogP contribution in [0.3, 0.4) is 0 Å². The molecule has 1 aromatic heterocycles. The Morgan fingerprint density at radius 2 is 2.00 bits per heavy atom. The zero-order valence-corrected chi connectivity index (χ0v) is 16.9. The number of alkyl halides is 3. The lowest BCUT2D eigenvalue weighted by molar-refractivity contribution is -0.274. The number of benzene rings is 1. The molecule has 6 nitrogen and oxygen atoms in total. The van der Waals surface area contributed by atoms with E-state index < -0.39 is 6.36 Å². The number of hydrogen-bond acceptors (Lipinski definition) is 6. The van der Waals surface area contributed by atoms with Crippen LogP contribution >= 0.6 is 11.3 Å². The Morgan fingerprint density at radius 3 is 2.73 bits per heavy atom. The summed E-state index contributed by atoms with van der Waals surface area (Å²) in [5, 5.41) is 4.50. The number of amides is 1. The molecule has 2 aromatic rings. The van der Waals surface area contributed by atoms with Crippen LogP contribution in [0.15, 0.2) is 24.3 Å². The van der Waals surface area contributed by atoms with Gasteiger partial charge in [-0.25, -0.2) is 4.98 Å². The molecule has 1 aromatic carbocycles. The van der Waals surface area contributed by atoms with Crippen LogP contribution in [0.1, 0.15) is 33.8 Å². The second kappa shape index (κ2) is 7.42. The molecule has 2 unspecified atom stereocenters. The van der Waals surface area contributed by atoms with Gasteiger partial charge in [0.1, 0.15) is 5.75 Å². The first-order valence-corrected chi connectivity index (χ1v) is 10.8. The molecule has 5 rings (SSSR count). The van der Waals surface area contributed by atoms with Crippen LogP contribution in [-0.2, 0) is 13.0 Å². The van der Waals surface area contributed by atoms with E-state index in [-0.39, 0.29) is 17.2 Å². The van der Waals surface area contributed by atoms with Gasteiger partial charge < -0.3 is 19.9 Å². The number of halogens is 3. The molecule has 3 aliphatic rings. The molecule has 0 radical (unpaired) electrons. The van der Waals surface area contributed by atoms with Gasteiger partial charge in [-0.1, -0.05) is 17.4 Å². The van der Waals surface area contributed by atoms with E-state index in [2.05, 4.69) is 15.0 Å². The molecule has 2 bridgehead atoms. The largest absolute Gasteiger partial charge is 0.573 e. The van der Waals surface area contributed by atoms with Crippen LogP contribution in [0.2, 0.25) is 0 Å². The SMILES string of the molecule is O=C(c1cccc(OC(F)(F)F)c1)N1CCc2nc(N3C4CCC3CNC4)sc2C1. The number of fused-ring (bicyclic) bond motifs is 3. The fraction of sp³-hybridized carbons (Fsp3) is 0.500. The van der Waals surface area contributed by atoms with E-state index in [4.69, 9.17) is 4.98 Å². The maximum Gasteiger partial charge on any atom is 0.573 e. The van der Waals surface area contributed by atoms with Gasteiger partial charge in [0.15, 0.2) is 5.13 Å². The molecular weight excluding hydrogens is 417 g/mol. The zero-order chi connectivity index (χ0) is 20.9. The second-order valence-corrected chi connectivity index (χ2v) is 8.93. The summed E-state index contributed by atoms with van der Waals surface area (Å²) < 4.78 is 41.4. The third-order valence-corrected chi connectivity index (χ3v) is 7.02. The smallest absolute Gasteiger partial charge is 0.406 e. The van der Waals surface area contributed by atoms with Crippen molar-refractivity contribution >= 4 is 22.4 Å². The van der Waals surface area contributed by atoms with Crippen molar-refractivity contribution in [3.05, 3.63) is 40.4 Å². The van der Waals surface area contributed by atoms with E-state index in [1.165, 1.54) is 31.0 Å². The van der Waals surface area contributed by atoms with Crippen molar-refractivity contribution in [1.29, 1.82) is 0 Å². The second-order valence-electron chi connectivity index (χ2n) is 7.87. The summed E-state index contributed by atoms with van der Waals surface area (Å²) >= 11 is 1.64. The molecule has 0 aliphatic carbocycles. The Labute approximate surface area is 175 Å². The summed E-state index contributed by atoms with van der Waals surface area (Å²) in [7, 11) is 0. The van der Waals surface area contributed by atoms with Crippen molar-refractivity contribution in [2.75, 3.05) is 24.5 Å². The average Bonchev–Trinajstić information content (AvgIpc) is 3.22. The maximum atomic E-state index is 12.9. The summed E-state index contributed by atoms with van der Waals surface area (Å²) in [6, 6.07) is 6.19. The van der Waals surface area contributed by atoms with E-state index in [9.17, 15) is 18.0 Å². The quantitative estimate of drug-likeness (QED) is 0.798. The number of ether oxygens (including phenoxy) is 1. The van der Waals surface area contributed by atoms with Crippen molar-refractivity contribution < 1.29 is 22.7 Å². The van der Waals surface area contributed by atoms with E-state index in [0.29, 0.717) is 31.6 Å². The minimum Gasteiger partial charge on any atom is -0.406 e. The van der Waals surface area contributed by atoms with Crippen molar-refractivity contribution in [2.45, 2.75) is 44.3 Å². The minimum absolute atomic E-state index is 0.185. The normalized spacial score (nSPS) is 23.4. The number of anilines is 1. The number of hydrogen-bond donors (Lipinski definition) is 1. The third kappa shape index (κ3) is 3.74. The fourth-order valence-corrected chi connectivity index (χ4v) is 5.83. The topological polar surface area (TPSA) is 57.7 Å². The Kier molecular flexibility index (Phi) is 4.85. The first kappa shape index (κ1) is 19.6. The molecule has 1 N–H and O–H groups in total. The predicted octanol–water partition coefficient (Wildman–Crippen LogP) is 3.18. The number of piperazine rings is 1. The highest BCUT2D eigenvalue weighted by atomic mass is 32.1. The van der Waals surface area contributed by atoms with Crippen LogP contribution in [0.5, 0.6) is 5.75 Å². The molecule has 10 heteroatoms. The van der Waals surface area contributed by atoms with Gasteiger partial charge in [-0.3, -0.25) is 4.79 Å². The number of nitrogens with zero attached hydrogens (tertiary/aromatic N) is 3. The van der Waals surface area contributed by atoms with E-state index in [1.807, 2.05) is 0 Å². The average molecular weight is 438 g/mol. The molecular formula is C20H21F3N4O2S. The molecule has 3 aliphatic heterocycles. The highest BCUT2D eigenvalue weighted by Crippen LogP contribution is 2.38. The first-order valence-electron chi connectivity index (χ1n) is 10.00. The molecule has 2 fully saturated rings. The van der Waals surface area contributed by atoms with Crippen molar-refractivity contribution in [3.8, 4) is 5.75 Å². The summed E-state index contributed by atoms with van der Waals surface area (Å²) in [5.74, 6) is -0.689. The monoisotopic (exact) mass is 438 g/mol. The molecule has 2 saturated heterocycles. The van der Waals surface area contributed by atoms with Crippen molar-refractivity contribution in [2.24, 2.45) is 0 Å². The minimum atomic E-state index is -4.79. The highest BCUT2D eigenvalue weighted by Gasteiger charge is 2.39. The zero-order valence-electron chi connectivity index (χ0n) is 16.1. The Bertz CT molecular complexity index is 948. The van der Waals surface area contributed by atoms with Crippen LogP contribution < -0.4 is 15.0 Å². The third-order valence-electron chi connectivity index (χ3n) is 5.92. The Balaban J connectivity index is 1.32. The molecule has 30 heavy (non-hydrogen) atoms. The van der Waals surface area contributed by atoms with Gasteiger partial charge >= 0.3 is 6.36 Å². The summed E-state index contributed by atoms with van der Waals surface area (Å²) in [6.07, 6.45) is -1.80. The molecule has 4 heterocycles. The number of rotatable bonds is 3. The lowest BCUT2D eigenvalue weighted by atomic mass is 10.1. The number of aromatic nitrogens is 1. The Hall–Kier alpha value is -2.33. The predicted molar refractivity (Wildman–Crippen MR) is 106 cm³/mol. The van der Waals surface area contributed by atoms with Crippen molar-refractivity contribution in [3.63, 3.8) is 0 Å². The molecule has 1 amide bonds. The van der Waals surface area contributed by atoms with E-state index >= 15 is 0 Å². The van der Waals surface area contributed by atoms with Gasteiger partial charge in [-0.15, -0.1) is 13.2 Å². The first-order chi connectivity index (χ1) is 14.4. The number of carbonyl (C=O) groups is 1. The van der Waals surface area contributed by atoms with E-state index in [1.54, 1.807) is 16.2 Å². The number of carbonyl (C=O) groups excluding carboxylic acids is 1. The molecule has 160 valence electrons. The molecule has 0 saturated carbocycles. The van der Waals surface area contributed by atoms with Crippen LogP contribution in [0.4, 0.5) is 18.3 Å². The van der Waals surface area contributed by atoms with Gasteiger partial charge in [0.25, 0.3) is 5.91 Å². The lowest BCUT2D eigenvalue weighted by Crippen LogP contribution is -2.51. The van der Waals surface area contributed by atoms with Crippen molar-refractivity contribution in [1.82, 2.24) is 15.2 Å². The fourth-order valence-electron chi connectivity index (χ4n) is 4.57. The Morgan fingerprint density at radius 1 is 1.23 bits per heavy atom. The van der Waals surface area contributed by atoms with Gasteiger partial charge in [-0.05, 0) is 31.0 Å². The van der Waals surface area contributed by atoms with Crippen LogP contribution in [0.25, 0.3) is 0 Å². The summed E-state index contributed by atoms with van der Waals surface area (Å²) in [5.41, 5.74) is 1.22. The van der Waals surface area contributed by atoms with Gasteiger partial charge in [0, 0.05) is 48.6 Å². The standard InChI is InChI=1S/C20H21F3N4O2S/c21-20(22,23)29-15-3-1-2-12(8-15)18(28)26-7-6-16-17(11-26)30-19(25-16)27-13-4-5-14(27)10-24-9-13/h1-3,8,13-14,24H,4-7,9-11H2. The lowest BCUT2D eigenvalue weighted by Gasteiger charge is -2.35. The number of thiazole rings is 1. The number of nitrogens with one attached hydrogen (secondary N) is 1. The summed E-state index contributed by atoms with van der Waals surface area (Å²) in [4.78, 5) is 22.9. The van der Waals surface area contributed by atoms with E-state index in [0.717, 1.165) is 34.9 Å². The van der Waals surface area contributed by atoms with Crippen LogP contribution in [0, 0.1) is 0 Å². The maximum absolute atomic E-state index is 12.9. The molecule has 0 spiro atoms. The molecule has 2 atom stereocenters. The van der Waals surface area contributed by atoms with Crippen LogP contribution in [-0.4, -0.2) is 53.9 Å². The van der Waals surface area contributed by atoms with Gasteiger partial charge in [-0.2, -0.15) is 0 Å².